The highest BCUT2D eigenvalue weighted by atomic mass is 32.1. The summed E-state index contributed by atoms with van der Waals surface area (Å²) >= 11 is 1.60. The number of amides is 2. The zero-order valence-corrected chi connectivity index (χ0v) is 18.8. The van der Waals surface area contributed by atoms with Crippen molar-refractivity contribution in [2.24, 2.45) is 0 Å². The van der Waals surface area contributed by atoms with Crippen LogP contribution >= 0.6 is 11.3 Å². The maximum atomic E-state index is 12.8. The van der Waals surface area contributed by atoms with Gasteiger partial charge in [-0.3, -0.25) is 4.79 Å². The summed E-state index contributed by atoms with van der Waals surface area (Å²) in [6.07, 6.45) is 0.264. The largest absolute Gasteiger partial charge is 0.485 e. The van der Waals surface area contributed by atoms with Crippen LogP contribution in [-0.2, 0) is 13.0 Å². The van der Waals surface area contributed by atoms with Gasteiger partial charge in [-0.2, -0.15) is 0 Å². The minimum Gasteiger partial charge on any atom is -0.485 e. The quantitative estimate of drug-likeness (QED) is 0.520. The molecular weight excluding hydrogens is 424 g/mol. The number of hydrogen-bond acceptors (Lipinski definition) is 4. The van der Waals surface area contributed by atoms with E-state index >= 15 is 0 Å². The molecule has 0 saturated carbocycles. The van der Waals surface area contributed by atoms with E-state index in [0.29, 0.717) is 26.1 Å². The van der Waals surface area contributed by atoms with Gasteiger partial charge in [0.2, 0.25) is 0 Å². The summed E-state index contributed by atoms with van der Waals surface area (Å²) < 4.78 is 6.21. The molecule has 0 spiro atoms. The maximum Gasteiger partial charge on any atom is 0.407 e. The highest BCUT2D eigenvalue weighted by Gasteiger charge is 2.24. The Hall–Kier alpha value is -3.32. The minimum atomic E-state index is -0.950. The second kappa shape index (κ2) is 9.87. The maximum absolute atomic E-state index is 12.8. The van der Waals surface area contributed by atoms with Gasteiger partial charge in [0.15, 0.2) is 0 Å². The number of fused-ring (bicyclic) bond motifs is 1. The second-order valence-corrected chi connectivity index (χ2v) is 8.87. The van der Waals surface area contributed by atoms with Crippen LogP contribution in [0.25, 0.3) is 0 Å². The van der Waals surface area contributed by atoms with Crippen molar-refractivity contribution < 1.29 is 19.4 Å². The normalized spacial score (nSPS) is 14.0. The molecule has 1 unspecified atom stereocenters. The summed E-state index contributed by atoms with van der Waals surface area (Å²) in [7, 11) is 1.56. The number of benzene rings is 2. The SMILES string of the molecule is CN(CCC(Oc1ccc(CN2CCc3ccccc3C2=O)cc1)c1cccs1)C(=O)O. The number of carbonyl (C=O) groups excluding carboxylic acids is 1. The molecule has 4 rings (SSSR count). The van der Waals surface area contributed by atoms with Crippen molar-refractivity contribution in [3.8, 4) is 5.75 Å². The molecule has 7 heteroatoms. The molecule has 0 aliphatic carbocycles. The molecule has 32 heavy (non-hydrogen) atoms. The van der Waals surface area contributed by atoms with Crippen molar-refractivity contribution in [3.63, 3.8) is 0 Å². The summed E-state index contributed by atoms with van der Waals surface area (Å²) in [5, 5.41) is 11.1. The van der Waals surface area contributed by atoms with E-state index in [4.69, 9.17) is 9.84 Å². The molecule has 1 aliphatic heterocycles. The van der Waals surface area contributed by atoms with Gasteiger partial charge in [0, 0.05) is 43.5 Å². The van der Waals surface area contributed by atoms with E-state index in [9.17, 15) is 9.59 Å². The lowest BCUT2D eigenvalue weighted by molar-refractivity contribution is 0.0727. The first kappa shape index (κ1) is 21.9. The molecule has 6 nitrogen and oxygen atoms in total. The summed E-state index contributed by atoms with van der Waals surface area (Å²) in [6.45, 7) is 1.66. The van der Waals surface area contributed by atoms with Gasteiger partial charge in [-0.15, -0.1) is 11.3 Å². The average molecular weight is 451 g/mol. The third kappa shape index (κ3) is 5.11. The second-order valence-electron chi connectivity index (χ2n) is 7.89. The Morgan fingerprint density at radius 2 is 1.94 bits per heavy atom. The van der Waals surface area contributed by atoms with Gasteiger partial charge in [-0.05, 0) is 47.2 Å². The van der Waals surface area contributed by atoms with Crippen LogP contribution in [0.4, 0.5) is 4.79 Å². The monoisotopic (exact) mass is 450 g/mol. The van der Waals surface area contributed by atoms with Gasteiger partial charge in [-0.1, -0.05) is 36.4 Å². The minimum absolute atomic E-state index is 0.0764. The van der Waals surface area contributed by atoms with Crippen LogP contribution in [0, 0.1) is 0 Å². The fourth-order valence-corrected chi connectivity index (χ4v) is 4.61. The Labute approximate surface area is 191 Å². The molecular formula is C25H26N2O4S. The third-order valence-corrected chi connectivity index (χ3v) is 6.64. The fourth-order valence-electron chi connectivity index (χ4n) is 3.82. The number of rotatable bonds is 8. The molecule has 1 N–H and O–H groups in total. The average Bonchev–Trinajstić information content (AvgIpc) is 3.34. The Kier molecular flexibility index (Phi) is 6.75. The van der Waals surface area contributed by atoms with E-state index in [1.807, 2.05) is 70.9 Å². The third-order valence-electron chi connectivity index (χ3n) is 5.67. The van der Waals surface area contributed by atoms with Gasteiger partial charge >= 0.3 is 6.09 Å². The first-order valence-corrected chi connectivity index (χ1v) is 11.5. The summed E-state index contributed by atoms with van der Waals surface area (Å²) in [5.41, 5.74) is 2.96. The number of carbonyl (C=O) groups is 2. The summed E-state index contributed by atoms with van der Waals surface area (Å²) in [6, 6.07) is 19.6. The van der Waals surface area contributed by atoms with E-state index in [1.165, 1.54) is 4.90 Å². The number of nitrogens with zero attached hydrogens (tertiary/aromatic N) is 2. The number of thiophene rings is 1. The van der Waals surface area contributed by atoms with Crippen LogP contribution in [0.15, 0.2) is 66.0 Å². The first-order valence-electron chi connectivity index (χ1n) is 10.6. The Morgan fingerprint density at radius 3 is 2.66 bits per heavy atom. The zero-order chi connectivity index (χ0) is 22.5. The Bertz CT molecular complexity index is 1070. The lowest BCUT2D eigenvalue weighted by Gasteiger charge is -2.28. The Balaban J connectivity index is 1.40. The van der Waals surface area contributed by atoms with Crippen molar-refractivity contribution in [3.05, 3.63) is 87.6 Å². The van der Waals surface area contributed by atoms with Crippen molar-refractivity contribution >= 4 is 23.3 Å². The van der Waals surface area contributed by atoms with Crippen LogP contribution in [0.2, 0.25) is 0 Å². The van der Waals surface area contributed by atoms with Crippen LogP contribution < -0.4 is 4.74 Å². The molecule has 166 valence electrons. The van der Waals surface area contributed by atoms with Crippen molar-refractivity contribution in [2.75, 3.05) is 20.1 Å². The van der Waals surface area contributed by atoms with E-state index in [0.717, 1.165) is 33.7 Å². The summed E-state index contributed by atoms with van der Waals surface area (Å²) in [5.74, 6) is 0.799. The fraction of sp³-hybridized carbons (Fsp3) is 0.280. The molecule has 2 amide bonds. The topological polar surface area (TPSA) is 70.1 Å². The van der Waals surface area contributed by atoms with E-state index < -0.39 is 6.09 Å². The molecule has 2 heterocycles. The predicted octanol–water partition coefficient (Wildman–Crippen LogP) is 5.07. The van der Waals surface area contributed by atoms with Crippen LogP contribution in [0.3, 0.4) is 0 Å². The molecule has 3 aromatic rings. The van der Waals surface area contributed by atoms with E-state index in [-0.39, 0.29) is 12.0 Å². The van der Waals surface area contributed by atoms with Crippen LogP contribution in [0.1, 0.15) is 38.9 Å². The number of ether oxygens (including phenoxy) is 1. The summed E-state index contributed by atoms with van der Waals surface area (Å²) in [4.78, 5) is 28.1. The van der Waals surface area contributed by atoms with E-state index in [1.54, 1.807) is 18.4 Å². The molecule has 0 saturated heterocycles. The van der Waals surface area contributed by atoms with Gasteiger partial charge < -0.3 is 19.6 Å². The molecule has 1 aliphatic rings. The highest BCUT2D eigenvalue weighted by Crippen LogP contribution is 2.29. The predicted molar refractivity (Wildman–Crippen MR) is 124 cm³/mol. The molecule has 0 bridgehead atoms. The molecule has 0 radical (unpaired) electrons. The van der Waals surface area contributed by atoms with Crippen molar-refractivity contribution in [2.45, 2.75) is 25.5 Å². The molecule has 1 aromatic heterocycles. The first-order chi connectivity index (χ1) is 15.5. The van der Waals surface area contributed by atoms with Crippen LogP contribution in [-0.4, -0.2) is 47.0 Å². The lowest BCUT2D eigenvalue weighted by Crippen LogP contribution is -2.36. The smallest absolute Gasteiger partial charge is 0.407 e. The molecule has 1 atom stereocenters. The van der Waals surface area contributed by atoms with E-state index in [2.05, 4.69) is 0 Å². The standard InChI is InChI=1S/C25H26N2O4S/c1-26(25(29)30)14-13-22(23-7-4-16-32-23)31-20-10-8-18(9-11-20)17-27-15-12-19-5-2-3-6-21(19)24(27)28/h2-11,16,22H,12-15,17H2,1H3,(H,29,30). The van der Waals surface area contributed by atoms with Crippen molar-refractivity contribution in [1.29, 1.82) is 0 Å². The van der Waals surface area contributed by atoms with Crippen molar-refractivity contribution in [1.82, 2.24) is 9.80 Å². The van der Waals surface area contributed by atoms with Gasteiger partial charge in [-0.25, -0.2) is 4.79 Å². The van der Waals surface area contributed by atoms with Gasteiger partial charge in [0.05, 0.1) is 0 Å². The zero-order valence-electron chi connectivity index (χ0n) is 17.9. The molecule has 0 fully saturated rings. The van der Waals surface area contributed by atoms with Crippen LogP contribution in [0.5, 0.6) is 5.75 Å². The number of carboxylic acid groups (broad SMARTS) is 1. The highest BCUT2D eigenvalue weighted by molar-refractivity contribution is 7.10. The molecule has 2 aromatic carbocycles. The lowest BCUT2D eigenvalue weighted by atomic mass is 9.99. The Morgan fingerprint density at radius 1 is 1.16 bits per heavy atom. The van der Waals surface area contributed by atoms with Gasteiger partial charge in [0.25, 0.3) is 5.91 Å². The van der Waals surface area contributed by atoms with Gasteiger partial charge in [0.1, 0.15) is 11.9 Å². The number of hydrogen-bond donors (Lipinski definition) is 1.